The molecule has 2 bridgehead atoms. The second kappa shape index (κ2) is 12.3. The maximum Gasteiger partial charge on any atom is 0.416 e. The molecule has 35 heavy (non-hydrogen) atoms. The van der Waals surface area contributed by atoms with Crippen molar-refractivity contribution in [3.05, 3.63) is 65.5 Å². The van der Waals surface area contributed by atoms with Crippen LogP contribution in [0.4, 0.5) is 13.2 Å². The van der Waals surface area contributed by atoms with Gasteiger partial charge in [-0.25, -0.2) is 0 Å². The lowest BCUT2D eigenvalue weighted by atomic mass is 9.95. The van der Waals surface area contributed by atoms with Gasteiger partial charge in [0.15, 0.2) is 0 Å². The molecule has 1 aliphatic heterocycles. The summed E-state index contributed by atoms with van der Waals surface area (Å²) < 4.78 is 48.9. The largest absolute Gasteiger partial charge is 0.491 e. The summed E-state index contributed by atoms with van der Waals surface area (Å²) in [5.41, 5.74) is 0.248. The van der Waals surface area contributed by atoms with Crippen molar-refractivity contribution >= 4 is 5.97 Å². The van der Waals surface area contributed by atoms with Crippen LogP contribution in [0.5, 0.6) is 5.75 Å². The summed E-state index contributed by atoms with van der Waals surface area (Å²) in [7, 11) is 0. The van der Waals surface area contributed by atoms with Crippen LogP contribution in [0.2, 0.25) is 0 Å². The van der Waals surface area contributed by atoms with Crippen LogP contribution in [0.15, 0.2) is 59.9 Å². The number of esters is 1. The van der Waals surface area contributed by atoms with Crippen LogP contribution >= 0.6 is 0 Å². The molecule has 1 heterocycles. The number of alkyl halides is 3. The Balaban J connectivity index is 1.46. The first kappa shape index (κ1) is 26.8. The number of halogens is 3. The van der Waals surface area contributed by atoms with Gasteiger partial charge in [0.2, 0.25) is 0 Å². The van der Waals surface area contributed by atoms with E-state index >= 15 is 0 Å². The molecule has 192 valence electrons. The molecular weight excluding hydrogens is 465 g/mol. The van der Waals surface area contributed by atoms with E-state index in [1.165, 1.54) is 12.1 Å². The van der Waals surface area contributed by atoms with E-state index in [9.17, 15) is 23.1 Å². The number of unbranched alkanes of at least 4 members (excludes halogenated alkanes) is 1. The molecule has 1 aliphatic carbocycles. The molecule has 1 fully saturated rings. The van der Waals surface area contributed by atoms with Crippen molar-refractivity contribution in [3.8, 4) is 5.75 Å². The lowest BCUT2D eigenvalue weighted by Gasteiger charge is -2.20. The monoisotopic (exact) mass is 496 g/mol. The Morgan fingerprint density at radius 1 is 1.29 bits per heavy atom. The first-order valence-corrected chi connectivity index (χ1v) is 11.7. The second-order valence-electron chi connectivity index (χ2n) is 8.79. The van der Waals surface area contributed by atoms with Gasteiger partial charge in [0, 0.05) is 18.8 Å². The fourth-order valence-electron chi connectivity index (χ4n) is 3.90. The van der Waals surface area contributed by atoms with Gasteiger partial charge in [0.25, 0.3) is 0 Å². The quantitative estimate of drug-likeness (QED) is 0.174. The number of ether oxygens (including phenoxy) is 2. The third-order valence-corrected chi connectivity index (χ3v) is 5.57. The number of allylic oxidation sites excluding steroid dienone is 2. The molecule has 0 amide bonds. The van der Waals surface area contributed by atoms with E-state index in [1.54, 1.807) is 6.08 Å². The topological polar surface area (TPSA) is 74.2 Å². The molecule has 2 aliphatic rings. The minimum Gasteiger partial charge on any atom is -0.491 e. The molecule has 0 aromatic heterocycles. The van der Waals surface area contributed by atoms with E-state index in [2.05, 4.69) is 0 Å². The minimum absolute atomic E-state index is 0.0364. The number of hydrogen-bond donors (Lipinski definition) is 1. The molecule has 0 saturated carbocycles. The Labute approximate surface area is 202 Å². The molecule has 0 radical (unpaired) electrons. The zero-order valence-electron chi connectivity index (χ0n) is 19.8. The summed E-state index contributed by atoms with van der Waals surface area (Å²) in [6.45, 7) is 3.46. The second-order valence-corrected chi connectivity index (χ2v) is 8.79. The fourth-order valence-corrected chi connectivity index (χ4v) is 3.90. The van der Waals surface area contributed by atoms with Gasteiger partial charge in [-0.1, -0.05) is 30.4 Å². The summed E-state index contributed by atoms with van der Waals surface area (Å²) in [6.07, 6.45) is 4.81. The van der Waals surface area contributed by atoms with Crippen LogP contribution in [-0.2, 0) is 25.5 Å². The summed E-state index contributed by atoms with van der Waals surface area (Å²) in [5, 5.41) is 10.3. The highest BCUT2D eigenvalue weighted by atomic mass is 19.4. The lowest BCUT2D eigenvalue weighted by molar-refractivity contribution is -0.268. The number of aliphatic hydroxyl groups excluding tert-OH is 1. The number of rotatable bonds is 12. The molecule has 1 aromatic rings. The predicted molar refractivity (Wildman–Crippen MR) is 122 cm³/mol. The predicted octanol–water partition coefficient (Wildman–Crippen LogP) is 5.67. The molecule has 9 heteroatoms. The molecule has 0 spiro atoms. The zero-order valence-corrected chi connectivity index (χ0v) is 19.8. The lowest BCUT2D eigenvalue weighted by Crippen LogP contribution is -2.20. The minimum atomic E-state index is -4.46. The zero-order chi connectivity index (χ0) is 25.4. The van der Waals surface area contributed by atoms with Crippen LogP contribution in [0.3, 0.4) is 0 Å². The van der Waals surface area contributed by atoms with Crippen molar-refractivity contribution in [1.82, 2.24) is 0 Å². The Kier molecular flexibility index (Phi) is 9.40. The summed E-state index contributed by atoms with van der Waals surface area (Å²) in [6, 6.07) is 4.54. The SMILES string of the molecule is CC(C)OC(=O)CCC/C=C\CC1=C2C[C@@H](OO2)[C@@H]1/C=C/[C@@H](O)COc1cccc(C(F)(F)F)c1. The molecule has 3 rings (SSSR count). The third-order valence-electron chi connectivity index (χ3n) is 5.57. The molecule has 6 nitrogen and oxygen atoms in total. The van der Waals surface area contributed by atoms with E-state index in [1.807, 2.05) is 32.1 Å². The highest BCUT2D eigenvalue weighted by Gasteiger charge is 2.41. The van der Waals surface area contributed by atoms with E-state index in [4.69, 9.17) is 19.2 Å². The van der Waals surface area contributed by atoms with Gasteiger partial charge in [-0.05, 0) is 56.9 Å². The van der Waals surface area contributed by atoms with E-state index < -0.39 is 17.8 Å². The van der Waals surface area contributed by atoms with Gasteiger partial charge in [-0.15, -0.1) is 0 Å². The van der Waals surface area contributed by atoms with E-state index in [-0.39, 0.29) is 36.5 Å². The first-order valence-electron chi connectivity index (χ1n) is 11.7. The standard InChI is InChI=1S/C26H31F3O6/c1-17(2)33-25(31)11-6-4-3-5-10-21-22(24-15-23(21)34-35-24)13-12-19(30)16-32-20-9-7-8-18(14-20)26(27,28)29/h3,5,7-9,12-14,17,19,22,24,30H,4,6,10-11,15-16H2,1-2H3/b5-3-,13-12+/t19-,22-,24-/m1/s1. The Hall–Kier alpha value is -2.78. The van der Waals surface area contributed by atoms with Crippen LogP contribution in [-0.4, -0.2) is 36.0 Å². The number of aliphatic hydroxyl groups is 1. The number of carbonyl (C=O) groups is 1. The molecule has 1 N–H and O–H groups in total. The van der Waals surface area contributed by atoms with E-state index in [0.29, 0.717) is 25.7 Å². The Morgan fingerprint density at radius 3 is 2.83 bits per heavy atom. The highest BCUT2D eigenvalue weighted by Crippen LogP contribution is 2.43. The third kappa shape index (κ3) is 8.14. The molecule has 1 saturated heterocycles. The summed E-state index contributed by atoms with van der Waals surface area (Å²) >= 11 is 0. The Bertz CT molecular complexity index is 951. The molecule has 1 aromatic carbocycles. The summed E-state index contributed by atoms with van der Waals surface area (Å²) in [4.78, 5) is 22.1. The first-order chi connectivity index (χ1) is 16.6. The van der Waals surface area contributed by atoms with Gasteiger partial charge in [-0.3, -0.25) is 4.79 Å². The van der Waals surface area contributed by atoms with Crippen LogP contribution in [0.25, 0.3) is 0 Å². The number of hydrogen-bond acceptors (Lipinski definition) is 6. The van der Waals surface area contributed by atoms with Crippen LogP contribution in [0, 0.1) is 5.92 Å². The van der Waals surface area contributed by atoms with Gasteiger partial charge in [0.05, 0.1) is 11.7 Å². The van der Waals surface area contributed by atoms with E-state index in [0.717, 1.165) is 29.9 Å². The van der Waals surface area contributed by atoms with Gasteiger partial charge < -0.3 is 19.5 Å². The van der Waals surface area contributed by atoms with Crippen molar-refractivity contribution in [1.29, 1.82) is 0 Å². The van der Waals surface area contributed by atoms with Gasteiger partial charge >= 0.3 is 12.1 Å². The number of carbonyl (C=O) groups excluding carboxylic acids is 1. The molecule has 3 atom stereocenters. The van der Waals surface area contributed by atoms with Gasteiger partial charge in [-0.2, -0.15) is 18.1 Å². The average Bonchev–Trinajstić information content (AvgIpc) is 3.39. The van der Waals surface area contributed by atoms with Crippen LogP contribution < -0.4 is 4.74 Å². The van der Waals surface area contributed by atoms with Crippen molar-refractivity contribution in [2.24, 2.45) is 5.92 Å². The highest BCUT2D eigenvalue weighted by molar-refractivity contribution is 5.69. The van der Waals surface area contributed by atoms with Gasteiger partial charge in [0.1, 0.15) is 30.3 Å². The molecular formula is C26H31F3O6. The average molecular weight is 497 g/mol. The fraction of sp³-hybridized carbons (Fsp3) is 0.500. The maximum atomic E-state index is 12.8. The van der Waals surface area contributed by atoms with Crippen molar-refractivity contribution in [2.75, 3.05) is 6.61 Å². The Morgan fingerprint density at radius 2 is 2.09 bits per heavy atom. The van der Waals surface area contributed by atoms with Crippen molar-refractivity contribution in [2.45, 2.75) is 70.4 Å². The summed E-state index contributed by atoms with van der Waals surface area (Å²) in [5.74, 6) is 0.546. The maximum absolute atomic E-state index is 12.8. The smallest absolute Gasteiger partial charge is 0.416 e. The normalized spacial score (nSPS) is 20.8. The molecule has 0 unspecified atom stereocenters. The van der Waals surface area contributed by atoms with Crippen molar-refractivity contribution in [3.63, 3.8) is 0 Å². The van der Waals surface area contributed by atoms with Crippen LogP contribution in [0.1, 0.15) is 51.5 Å². The number of fused-ring (bicyclic) bond motifs is 2. The van der Waals surface area contributed by atoms with Crippen molar-refractivity contribution < 1.29 is 42.3 Å². The number of benzene rings is 1.